The molecule has 1 aromatic heterocycles. The second-order valence-corrected chi connectivity index (χ2v) is 9.33. The van der Waals surface area contributed by atoms with Gasteiger partial charge in [-0.1, -0.05) is 5.16 Å². The minimum Gasteiger partial charge on any atom is -0.469 e. The van der Waals surface area contributed by atoms with Crippen molar-refractivity contribution in [2.45, 2.75) is 44.4 Å². The van der Waals surface area contributed by atoms with Crippen LogP contribution in [0.1, 0.15) is 37.1 Å². The molecule has 3 rings (SSSR count). The molecule has 2 saturated heterocycles. The van der Waals surface area contributed by atoms with Gasteiger partial charge in [0.2, 0.25) is 15.9 Å². The molecule has 10 heteroatoms. The van der Waals surface area contributed by atoms with Gasteiger partial charge < -0.3 is 14.2 Å². The number of aryl methyl sites for hydroxylation is 2. The van der Waals surface area contributed by atoms with Crippen LogP contribution in [0.3, 0.4) is 0 Å². The van der Waals surface area contributed by atoms with Crippen LogP contribution in [0.25, 0.3) is 0 Å². The maximum atomic E-state index is 12.9. The molecule has 0 spiro atoms. The van der Waals surface area contributed by atoms with Crippen molar-refractivity contribution in [1.29, 1.82) is 0 Å². The van der Waals surface area contributed by atoms with E-state index in [4.69, 9.17) is 9.26 Å². The van der Waals surface area contributed by atoms with E-state index >= 15 is 0 Å². The van der Waals surface area contributed by atoms with Crippen molar-refractivity contribution in [3.05, 3.63) is 11.5 Å². The van der Waals surface area contributed by atoms with Gasteiger partial charge in [-0.15, -0.1) is 0 Å². The highest BCUT2D eigenvalue weighted by atomic mass is 32.2. The summed E-state index contributed by atoms with van der Waals surface area (Å²) in [5.74, 6) is -0.214. The summed E-state index contributed by atoms with van der Waals surface area (Å²) >= 11 is 0. The Hall–Kier alpha value is -1.94. The van der Waals surface area contributed by atoms with E-state index in [0.29, 0.717) is 57.6 Å². The normalized spacial score (nSPS) is 20.3. The Morgan fingerprint density at radius 2 is 1.61 bits per heavy atom. The number of aromatic nitrogens is 1. The molecule has 0 N–H and O–H groups in total. The van der Waals surface area contributed by atoms with Crippen molar-refractivity contribution >= 4 is 21.9 Å². The number of carbonyl (C=O) groups excluding carboxylic acids is 2. The SMILES string of the molecule is COC(=O)C1CCN(C(=O)C2CCN(S(=O)(=O)c3c(C)noc3C)CC2)CC1. The molecule has 2 aliphatic rings. The largest absolute Gasteiger partial charge is 0.469 e. The van der Waals surface area contributed by atoms with Crippen molar-refractivity contribution in [3.8, 4) is 0 Å². The van der Waals surface area contributed by atoms with Crippen LogP contribution in [0.2, 0.25) is 0 Å². The fourth-order valence-corrected chi connectivity index (χ4v) is 5.84. The van der Waals surface area contributed by atoms with E-state index in [-0.39, 0.29) is 34.4 Å². The number of amides is 1. The third-order valence-corrected chi connectivity index (χ3v) is 7.85. The van der Waals surface area contributed by atoms with Gasteiger partial charge in [0.1, 0.15) is 10.6 Å². The van der Waals surface area contributed by atoms with E-state index < -0.39 is 10.0 Å². The summed E-state index contributed by atoms with van der Waals surface area (Å²) in [6.45, 7) is 4.86. The average molecular weight is 413 g/mol. The standard InChI is InChI=1S/C18H27N3O6S/c1-12-16(13(2)27-19-12)28(24,25)21-10-6-14(7-11-21)17(22)20-8-4-15(5-9-20)18(23)26-3/h14-15H,4-11H2,1-3H3. The molecule has 0 aliphatic carbocycles. The highest BCUT2D eigenvalue weighted by Gasteiger charge is 2.37. The Labute approximate surface area is 165 Å². The number of piperidine rings is 2. The number of ether oxygens (including phenoxy) is 1. The summed E-state index contributed by atoms with van der Waals surface area (Å²) in [6.07, 6.45) is 2.19. The lowest BCUT2D eigenvalue weighted by Gasteiger charge is -2.36. The lowest BCUT2D eigenvalue weighted by molar-refractivity contribution is -0.149. The van der Waals surface area contributed by atoms with Gasteiger partial charge in [-0.3, -0.25) is 9.59 Å². The number of hydrogen-bond acceptors (Lipinski definition) is 7. The third kappa shape index (κ3) is 3.93. The van der Waals surface area contributed by atoms with Gasteiger partial charge in [-0.2, -0.15) is 4.31 Å². The van der Waals surface area contributed by atoms with Gasteiger partial charge in [-0.05, 0) is 39.5 Å². The van der Waals surface area contributed by atoms with Crippen LogP contribution >= 0.6 is 0 Å². The summed E-state index contributed by atoms with van der Waals surface area (Å²) in [5, 5.41) is 3.73. The van der Waals surface area contributed by atoms with Crippen LogP contribution in [0.4, 0.5) is 0 Å². The van der Waals surface area contributed by atoms with E-state index in [1.807, 2.05) is 0 Å². The van der Waals surface area contributed by atoms with Crippen molar-refractivity contribution in [2.24, 2.45) is 11.8 Å². The smallest absolute Gasteiger partial charge is 0.308 e. The van der Waals surface area contributed by atoms with Gasteiger partial charge in [0, 0.05) is 32.1 Å². The molecule has 1 aromatic rings. The van der Waals surface area contributed by atoms with Crippen LogP contribution in [-0.4, -0.2) is 67.9 Å². The lowest BCUT2D eigenvalue weighted by Crippen LogP contribution is -2.47. The summed E-state index contributed by atoms with van der Waals surface area (Å²) in [7, 11) is -2.29. The quantitative estimate of drug-likeness (QED) is 0.680. The number of methoxy groups -OCH3 is 1. The van der Waals surface area contributed by atoms with Crippen molar-refractivity contribution in [1.82, 2.24) is 14.4 Å². The molecular formula is C18H27N3O6S. The number of hydrogen-bond donors (Lipinski definition) is 0. The van der Waals surface area contributed by atoms with Crippen molar-refractivity contribution in [2.75, 3.05) is 33.3 Å². The fourth-order valence-electron chi connectivity index (χ4n) is 4.08. The Balaban J connectivity index is 1.57. The van der Waals surface area contributed by atoms with Crippen LogP contribution in [0, 0.1) is 25.7 Å². The van der Waals surface area contributed by atoms with Crippen LogP contribution < -0.4 is 0 Å². The number of sulfonamides is 1. The summed E-state index contributed by atoms with van der Waals surface area (Å²) in [5.41, 5.74) is 0.351. The monoisotopic (exact) mass is 413 g/mol. The lowest BCUT2D eigenvalue weighted by atomic mass is 9.92. The zero-order chi connectivity index (χ0) is 20.5. The van der Waals surface area contributed by atoms with E-state index in [1.54, 1.807) is 18.7 Å². The van der Waals surface area contributed by atoms with E-state index in [2.05, 4.69) is 5.16 Å². The Morgan fingerprint density at radius 3 is 2.11 bits per heavy atom. The number of esters is 1. The van der Waals surface area contributed by atoms with Crippen molar-refractivity contribution in [3.63, 3.8) is 0 Å². The van der Waals surface area contributed by atoms with Gasteiger partial charge in [0.15, 0.2) is 5.76 Å². The molecule has 3 heterocycles. The maximum absolute atomic E-state index is 12.9. The topological polar surface area (TPSA) is 110 Å². The van der Waals surface area contributed by atoms with Gasteiger partial charge in [0.25, 0.3) is 0 Å². The molecular weight excluding hydrogens is 386 g/mol. The second-order valence-electron chi connectivity index (χ2n) is 7.45. The summed E-state index contributed by atoms with van der Waals surface area (Å²) in [6, 6.07) is 0. The van der Waals surface area contributed by atoms with Crippen LogP contribution in [0.5, 0.6) is 0 Å². The van der Waals surface area contributed by atoms with Crippen LogP contribution in [-0.2, 0) is 24.3 Å². The molecule has 9 nitrogen and oxygen atoms in total. The number of nitrogens with zero attached hydrogens (tertiary/aromatic N) is 3. The molecule has 2 aliphatic heterocycles. The Kier molecular flexibility index (Phi) is 6.09. The minimum absolute atomic E-state index is 0.0534. The van der Waals surface area contributed by atoms with Crippen LogP contribution in [0.15, 0.2) is 9.42 Å². The first-order chi connectivity index (χ1) is 13.3. The number of rotatable bonds is 4. The highest BCUT2D eigenvalue weighted by molar-refractivity contribution is 7.89. The van der Waals surface area contributed by atoms with E-state index in [0.717, 1.165) is 0 Å². The van der Waals surface area contributed by atoms with Gasteiger partial charge in [-0.25, -0.2) is 8.42 Å². The first-order valence-corrected chi connectivity index (χ1v) is 11.0. The summed E-state index contributed by atoms with van der Waals surface area (Å²) < 4.78 is 36.9. The Morgan fingerprint density at radius 1 is 1.04 bits per heavy atom. The zero-order valence-corrected chi connectivity index (χ0v) is 17.3. The molecule has 1 amide bonds. The molecule has 0 saturated carbocycles. The molecule has 0 atom stereocenters. The maximum Gasteiger partial charge on any atom is 0.308 e. The second kappa shape index (κ2) is 8.20. The predicted octanol–water partition coefficient (Wildman–Crippen LogP) is 1.10. The van der Waals surface area contributed by atoms with Crippen molar-refractivity contribution < 1.29 is 27.3 Å². The van der Waals surface area contributed by atoms with Gasteiger partial charge in [0.05, 0.1) is 13.0 Å². The minimum atomic E-state index is -3.67. The van der Waals surface area contributed by atoms with E-state index in [9.17, 15) is 18.0 Å². The molecule has 0 aromatic carbocycles. The number of carbonyl (C=O) groups is 2. The zero-order valence-electron chi connectivity index (χ0n) is 16.5. The molecule has 28 heavy (non-hydrogen) atoms. The molecule has 0 unspecified atom stereocenters. The van der Waals surface area contributed by atoms with E-state index in [1.165, 1.54) is 11.4 Å². The Bertz CT molecular complexity index is 814. The molecule has 0 bridgehead atoms. The third-order valence-electron chi connectivity index (χ3n) is 5.71. The highest BCUT2D eigenvalue weighted by Crippen LogP contribution is 2.29. The molecule has 156 valence electrons. The first-order valence-electron chi connectivity index (χ1n) is 9.55. The molecule has 2 fully saturated rings. The first kappa shape index (κ1) is 20.8. The summed E-state index contributed by atoms with van der Waals surface area (Å²) in [4.78, 5) is 26.4. The average Bonchev–Trinajstić information content (AvgIpc) is 3.06. The fraction of sp³-hybridized carbons (Fsp3) is 0.722. The molecule has 0 radical (unpaired) electrons. The predicted molar refractivity (Wildman–Crippen MR) is 98.8 cm³/mol. The number of likely N-dealkylation sites (tertiary alicyclic amines) is 1. The van der Waals surface area contributed by atoms with Gasteiger partial charge >= 0.3 is 5.97 Å².